The molecule has 1 heterocycles. The third-order valence-corrected chi connectivity index (χ3v) is 6.93. The maximum atomic E-state index is 13.8. The Morgan fingerprint density at radius 2 is 1.75 bits per heavy atom. The molecule has 194 valence electrons. The molecule has 1 unspecified atom stereocenters. The number of halogens is 1. The van der Waals surface area contributed by atoms with E-state index in [0.29, 0.717) is 27.2 Å². The third kappa shape index (κ3) is 6.86. The monoisotopic (exact) mass is 515 g/mol. The number of quaternary nitrogens is 1. The quantitative estimate of drug-likeness (QED) is 0.325. The van der Waals surface area contributed by atoms with Gasteiger partial charge in [-0.05, 0) is 43.5 Å². The van der Waals surface area contributed by atoms with Gasteiger partial charge >= 0.3 is 11.9 Å². The highest BCUT2D eigenvalue weighted by atomic mass is 35.5. The van der Waals surface area contributed by atoms with Crippen LogP contribution >= 0.6 is 11.6 Å². The molecule has 1 atom stereocenters. The first-order chi connectivity index (χ1) is 17.3. The highest BCUT2D eigenvalue weighted by Gasteiger charge is 2.45. The van der Waals surface area contributed by atoms with Gasteiger partial charge in [-0.25, -0.2) is 9.59 Å². The number of nitrogens with one attached hydrogen (secondary N) is 1. The van der Waals surface area contributed by atoms with E-state index >= 15 is 0 Å². The minimum atomic E-state index is -0.542. The smallest absolute Gasteiger partial charge is 0.362 e. The zero-order chi connectivity index (χ0) is 26.1. The molecule has 0 spiro atoms. The van der Waals surface area contributed by atoms with Gasteiger partial charge in [-0.3, -0.25) is 4.79 Å². The molecule has 1 N–H and O–H groups in total. The lowest BCUT2D eigenvalue weighted by atomic mass is 10.0. The Hall–Kier alpha value is -2.90. The molecule has 0 aliphatic carbocycles. The van der Waals surface area contributed by atoms with E-state index in [0.717, 1.165) is 37.9 Å². The summed E-state index contributed by atoms with van der Waals surface area (Å²) in [6.45, 7) is 7.54. The number of carbonyl (C=O) groups excluding carboxylic acids is 3. The van der Waals surface area contributed by atoms with E-state index in [-0.39, 0.29) is 37.2 Å². The first kappa shape index (κ1) is 27.7. The van der Waals surface area contributed by atoms with E-state index in [1.165, 1.54) is 6.07 Å². The van der Waals surface area contributed by atoms with Crippen LogP contribution in [0.3, 0.4) is 0 Å². The predicted octanol–water partition coefficient (Wildman–Crippen LogP) is 5.29. The summed E-state index contributed by atoms with van der Waals surface area (Å²) in [5, 5.41) is 3.39. The van der Waals surface area contributed by atoms with Gasteiger partial charge in [-0.15, -0.1) is 0 Å². The standard InChI is InChI=1S/C28H35ClN2O5/c1-4-11-24(27(33)30-26-20(3)16-22(29)17-23(26)28(34)35-5-2)31(14-9-10-15-31)18-25(32)36-19-21-12-7-6-8-13-21/h6-8,12-13,16-17,24H,4-5,9-11,14-15,18-19H2,1-3H3/p+1. The Labute approximate surface area is 218 Å². The molecule has 2 aromatic rings. The van der Waals surface area contributed by atoms with Crippen molar-refractivity contribution in [2.45, 2.75) is 59.1 Å². The van der Waals surface area contributed by atoms with E-state index in [1.807, 2.05) is 37.3 Å². The number of anilines is 1. The molecule has 0 saturated carbocycles. The molecule has 7 nitrogen and oxygen atoms in total. The fraction of sp³-hybridized carbons (Fsp3) is 0.464. The van der Waals surface area contributed by atoms with Gasteiger partial charge in [0.2, 0.25) is 0 Å². The number of amides is 1. The van der Waals surface area contributed by atoms with Crippen molar-refractivity contribution in [1.29, 1.82) is 0 Å². The lowest BCUT2D eigenvalue weighted by Gasteiger charge is -2.40. The number of hydrogen-bond acceptors (Lipinski definition) is 5. The number of hydrogen-bond donors (Lipinski definition) is 1. The second kappa shape index (κ2) is 12.9. The summed E-state index contributed by atoms with van der Waals surface area (Å²) in [6, 6.07) is 12.3. The molecule has 36 heavy (non-hydrogen) atoms. The Morgan fingerprint density at radius 1 is 1.06 bits per heavy atom. The fourth-order valence-electron chi connectivity index (χ4n) is 5.00. The number of nitrogens with zero attached hydrogens (tertiary/aromatic N) is 1. The first-order valence-corrected chi connectivity index (χ1v) is 13.0. The summed E-state index contributed by atoms with van der Waals surface area (Å²) in [6.07, 6.45) is 3.27. The van der Waals surface area contributed by atoms with Crippen LogP contribution in [-0.4, -0.2) is 54.6 Å². The first-order valence-electron chi connectivity index (χ1n) is 12.6. The van der Waals surface area contributed by atoms with Crippen molar-refractivity contribution >= 4 is 35.1 Å². The Bertz CT molecular complexity index is 1070. The lowest BCUT2D eigenvalue weighted by molar-refractivity contribution is -0.925. The number of carbonyl (C=O) groups is 3. The van der Waals surface area contributed by atoms with Crippen molar-refractivity contribution in [2.75, 3.05) is 31.6 Å². The van der Waals surface area contributed by atoms with Crippen molar-refractivity contribution in [1.82, 2.24) is 0 Å². The van der Waals surface area contributed by atoms with Crippen LogP contribution in [0.2, 0.25) is 5.02 Å². The Balaban J connectivity index is 1.83. The van der Waals surface area contributed by atoms with Crippen LogP contribution in [-0.2, 0) is 25.7 Å². The van der Waals surface area contributed by atoms with Gasteiger partial charge in [-0.1, -0.05) is 48.9 Å². The minimum Gasteiger partial charge on any atom is -0.462 e. The highest BCUT2D eigenvalue weighted by molar-refractivity contribution is 6.31. The summed E-state index contributed by atoms with van der Waals surface area (Å²) in [7, 11) is 0. The number of esters is 2. The molecule has 8 heteroatoms. The molecular formula is C28H36ClN2O5+. The summed E-state index contributed by atoms with van der Waals surface area (Å²) in [4.78, 5) is 39.3. The maximum Gasteiger partial charge on any atom is 0.362 e. The van der Waals surface area contributed by atoms with Crippen LogP contribution in [0.1, 0.15) is 61.0 Å². The second-order valence-corrected chi connectivity index (χ2v) is 9.77. The minimum absolute atomic E-state index is 0.134. The normalized spacial score (nSPS) is 15.2. The van der Waals surface area contributed by atoms with Gasteiger partial charge in [0.05, 0.1) is 30.9 Å². The van der Waals surface area contributed by atoms with Gasteiger partial charge in [0, 0.05) is 24.3 Å². The molecule has 1 saturated heterocycles. The average Bonchev–Trinajstić information content (AvgIpc) is 3.32. The van der Waals surface area contributed by atoms with Crippen LogP contribution in [0.4, 0.5) is 5.69 Å². The zero-order valence-corrected chi connectivity index (χ0v) is 22.1. The lowest BCUT2D eigenvalue weighted by Crippen LogP contribution is -2.60. The number of ether oxygens (including phenoxy) is 2. The molecule has 0 radical (unpaired) electrons. The molecule has 1 aliphatic rings. The molecule has 1 aliphatic heterocycles. The number of aryl methyl sites for hydroxylation is 1. The van der Waals surface area contributed by atoms with Gasteiger partial charge < -0.3 is 19.3 Å². The largest absolute Gasteiger partial charge is 0.462 e. The van der Waals surface area contributed by atoms with Crippen LogP contribution in [0.25, 0.3) is 0 Å². The van der Waals surface area contributed by atoms with Gasteiger partial charge in [-0.2, -0.15) is 0 Å². The van der Waals surface area contributed by atoms with Crippen LogP contribution in [0.15, 0.2) is 42.5 Å². The Morgan fingerprint density at radius 3 is 2.39 bits per heavy atom. The Kier molecular flexibility index (Phi) is 9.90. The SMILES string of the molecule is CCCC(C(=O)Nc1c(C)cc(Cl)cc1C(=O)OCC)[N+]1(CC(=O)OCc2ccccc2)CCCC1. The van der Waals surface area contributed by atoms with E-state index in [1.54, 1.807) is 19.9 Å². The van der Waals surface area contributed by atoms with E-state index in [4.69, 9.17) is 21.1 Å². The molecule has 0 aromatic heterocycles. The van der Waals surface area contributed by atoms with Gasteiger partial charge in [0.25, 0.3) is 5.91 Å². The predicted molar refractivity (Wildman–Crippen MR) is 140 cm³/mol. The molecule has 1 amide bonds. The van der Waals surface area contributed by atoms with Crippen LogP contribution < -0.4 is 5.32 Å². The van der Waals surface area contributed by atoms with E-state index in [9.17, 15) is 14.4 Å². The summed E-state index contributed by atoms with van der Waals surface area (Å²) < 4.78 is 11.1. The second-order valence-electron chi connectivity index (χ2n) is 9.34. The summed E-state index contributed by atoms with van der Waals surface area (Å²) in [5.74, 6) is -1.07. The summed E-state index contributed by atoms with van der Waals surface area (Å²) in [5.41, 5.74) is 2.21. The topological polar surface area (TPSA) is 81.7 Å². The van der Waals surface area contributed by atoms with Crippen molar-refractivity contribution in [3.8, 4) is 0 Å². The van der Waals surface area contributed by atoms with Crippen LogP contribution in [0.5, 0.6) is 0 Å². The van der Waals surface area contributed by atoms with Crippen molar-refractivity contribution in [2.24, 2.45) is 0 Å². The van der Waals surface area contributed by atoms with Crippen molar-refractivity contribution < 1.29 is 28.3 Å². The van der Waals surface area contributed by atoms with E-state index in [2.05, 4.69) is 5.32 Å². The average molecular weight is 516 g/mol. The molecular weight excluding hydrogens is 480 g/mol. The third-order valence-electron chi connectivity index (χ3n) is 6.71. The maximum absolute atomic E-state index is 13.8. The number of rotatable bonds is 11. The zero-order valence-electron chi connectivity index (χ0n) is 21.3. The number of likely N-dealkylation sites (tertiary alicyclic amines) is 1. The van der Waals surface area contributed by atoms with Crippen LogP contribution in [0, 0.1) is 6.92 Å². The van der Waals surface area contributed by atoms with Gasteiger partial charge in [0.1, 0.15) is 6.61 Å². The van der Waals surface area contributed by atoms with Crippen molar-refractivity contribution in [3.05, 3.63) is 64.2 Å². The molecule has 3 rings (SSSR count). The van der Waals surface area contributed by atoms with E-state index < -0.39 is 12.0 Å². The fourth-order valence-corrected chi connectivity index (χ4v) is 5.27. The summed E-state index contributed by atoms with van der Waals surface area (Å²) >= 11 is 6.20. The van der Waals surface area contributed by atoms with Crippen molar-refractivity contribution in [3.63, 3.8) is 0 Å². The molecule has 2 aromatic carbocycles. The molecule has 0 bridgehead atoms. The number of benzene rings is 2. The highest BCUT2D eigenvalue weighted by Crippen LogP contribution is 2.31. The molecule has 1 fully saturated rings. The van der Waals surface area contributed by atoms with Gasteiger partial charge in [0.15, 0.2) is 12.6 Å².